The number of benzene rings is 1. The van der Waals surface area contributed by atoms with Gasteiger partial charge in [-0.2, -0.15) is 0 Å². The molecule has 0 bridgehead atoms. The van der Waals surface area contributed by atoms with Crippen LogP contribution in [0, 0.1) is 11.8 Å². The van der Waals surface area contributed by atoms with E-state index in [0.717, 1.165) is 31.6 Å². The smallest absolute Gasteiger partial charge is 0.253 e. The molecule has 1 aliphatic rings. The summed E-state index contributed by atoms with van der Waals surface area (Å²) in [5.74, 6) is 1.36. The Morgan fingerprint density at radius 3 is 2.65 bits per heavy atom. The lowest BCUT2D eigenvalue weighted by molar-refractivity contribution is 0.0639. The highest BCUT2D eigenvalue weighted by atomic mass is 16.2. The van der Waals surface area contributed by atoms with Crippen LogP contribution in [0.25, 0.3) is 0 Å². The van der Waals surface area contributed by atoms with E-state index in [9.17, 15) is 4.79 Å². The SMILES string of the molecule is CC(C)CNC1CC(C)CN(C(=O)c2ccccc2)C1. The molecule has 0 saturated carbocycles. The lowest BCUT2D eigenvalue weighted by atomic mass is 9.95. The second-order valence-corrected chi connectivity index (χ2v) is 6.42. The number of likely N-dealkylation sites (tertiary alicyclic amines) is 1. The van der Waals surface area contributed by atoms with Gasteiger partial charge in [-0.05, 0) is 36.9 Å². The topological polar surface area (TPSA) is 32.3 Å². The molecule has 3 nitrogen and oxygen atoms in total. The van der Waals surface area contributed by atoms with Crippen LogP contribution >= 0.6 is 0 Å². The van der Waals surface area contributed by atoms with Crippen LogP contribution in [-0.2, 0) is 0 Å². The zero-order valence-corrected chi connectivity index (χ0v) is 12.8. The van der Waals surface area contributed by atoms with E-state index in [2.05, 4.69) is 26.1 Å². The molecule has 1 heterocycles. The van der Waals surface area contributed by atoms with E-state index in [1.54, 1.807) is 0 Å². The van der Waals surface area contributed by atoms with Gasteiger partial charge < -0.3 is 10.2 Å². The predicted molar refractivity (Wildman–Crippen MR) is 82.8 cm³/mol. The van der Waals surface area contributed by atoms with E-state index >= 15 is 0 Å². The minimum absolute atomic E-state index is 0.161. The molecule has 0 aromatic heterocycles. The van der Waals surface area contributed by atoms with Gasteiger partial charge in [0.2, 0.25) is 0 Å². The fourth-order valence-electron chi connectivity index (χ4n) is 2.83. The van der Waals surface area contributed by atoms with Gasteiger partial charge in [0.15, 0.2) is 0 Å². The van der Waals surface area contributed by atoms with Crippen molar-refractivity contribution in [2.24, 2.45) is 11.8 Å². The molecule has 3 heteroatoms. The van der Waals surface area contributed by atoms with Crippen molar-refractivity contribution in [3.8, 4) is 0 Å². The molecule has 1 saturated heterocycles. The van der Waals surface area contributed by atoms with Crippen LogP contribution in [0.3, 0.4) is 0 Å². The zero-order chi connectivity index (χ0) is 14.5. The number of rotatable bonds is 4. The average molecular weight is 274 g/mol. The molecule has 1 N–H and O–H groups in total. The third-order valence-corrected chi connectivity index (χ3v) is 3.78. The highest BCUT2D eigenvalue weighted by Crippen LogP contribution is 2.18. The van der Waals surface area contributed by atoms with Gasteiger partial charge in [-0.1, -0.05) is 39.0 Å². The van der Waals surface area contributed by atoms with Crippen LogP contribution in [0.5, 0.6) is 0 Å². The number of nitrogens with one attached hydrogen (secondary N) is 1. The molecule has 1 aliphatic heterocycles. The van der Waals surface area contributed by atoms with E-state index in [-0.39, 0.29) is 5.91 Å². The standard InChI is InChI=1S/C17H26N2O/c1-13(2)10-18-16-9-14(3)11-19(12-16)17(20)15-7-5-4-6-8-15/h4-8,13-14,16,18H,9-12H2,1-3H3. The average Bonchev–Trinajstić information content (AvgIpc) is 2.44. The molecule has 2 unspecified atom stereocenters. The number of hydrogen-bond acceptors (Lipinski definition) is 2. The van der Waals surface area contributed by atoms with Crippen molar-refractivity contribution in [2.45, 2.75) is 33.2 Å². The minimum Gasteiger partial charge on any atom is -0.337 e. The third kappa shape index (κ3) is 4.07. The van der Waals surface area contributed by atoms with E-state index in [4.69, 9.17) is 0 Å². The summed E-state index contributed by atoms with van der Waals surface area (Å²) in [6.45, 7) is 9.37. The summed E-state index contributed by atoms with van der Waals surface area (Å²) in [4.78, 5) is 14.5. The number of carbonyl (C=O) groups is 1. The molecule has 110 valence electrons. The van der Waals surface area contributed by atoms with E-state index in [1.807, 2.05) is 35.2 Å². The maximum Gasteiger partial charge on any atom is 0.253 e. The Labute approximate surface area is 122 Å². The van der Waals surface area contributed by atoms with Gasteiger partial charge in [0.1, 0.15) is 0 Å². The van der Waals surface area contributed by atoms with Crippen LogP contribution in [0.4, 0.5) is 0 Å². The molecule has 20 heavy (non-hydrogen) atoms. The molecule has 1 aromatic carbocycles. The predicted octanol–water partition coefficient (Wildman–Crippen LogP) is 2.78. The summed E-state index contributed by atoms with van der Waals surface area (Å²) < 4.78 is 0. The highest BCUT2D eigenvalue weighted by Gasteiger charge is 2.28. The summed E-state index contributed by atoms with van der Waals surface area (Å²) in [6.07, 6.45) is 1.16. The lowest BCUT2D eigenvalue weighted by Crippen LogP contribution is -2.51. The first-order chi connectivity index (χ1) is 9.56. The molecule has 2 rings (SSSR count). The normalized spacial score (nSPS) is 23.1. The molecule has 0 aliphatic carbocycles. The highest BCUT2D eigenvalue weighted by molar-refractivity contribution is 5.94. The maximum atomic E-state index is 12.5. The first-order valence-electron chi connectivity index (χ1n) is 7.64. The van der Waals surface area contributed by atoms with Crippen molar-refractivity contribution in [1.82, 2.24) is 10.2 Å². The van der Waals surface area contributed by atoms with Crippen LogP contribution in [-0.4, -0.2) is 36.5 Å². The number of hydrogen-bond donors (Lipinski definition) is 1. The Kier molecular flexibility index (Phi) is 5.18. The van der Waals surface area contributed by atoms with E-state index < -0.39 is 0 Å². The maximum absolute atomic E-state index is 12.5. The summed E-state index contributed by atoms with van der Waals surface area (Å²) in [5.41, 5.74) is 0.796. The first-order valence-corrected chi connectivity index (χ1v) is 7.64. The Bertz CT molecular complexity index is 430. The fourth-order valence-corrected chi connectivity index (χ4v) is 2.83. The van der Waals surface area contributed by atoms with Crippen molar-refractivity contribution in [1.29, 1.82) is 0 Å². The van der Waals surface area contributed by atoms with Gasteiger partial charge in [0.25, 0.3) is 5.91 Å². The van der Waals surface area contributed by atoms with Crippen molar-refractivity contribution < 1.29 is 4.79 Å². The Hall–Kier alpha value is -1.35. The number of carbonyl (C=O) groups excluding carboxylic acids is 1. The second-order valence-electron chi connectivity index (χ2n) is 6.42. The number of amides is 1. The lowest BCUT2D eigenvalue weighted by Gasteiger charge is -2.37. The second kappa shape index (κ2) is 6.89. The third-order valence-electron chi connectivity index (χ3n) is 3.78. The molecule has 0 spiro atoms. The van der Waals surface area contributed by atoms with Crippen LogP contribution in [0.2, 0.25) is 0 Å². The molecule has 2 atom stereocenters. The monoisotopic (exact) mass is 274 g/mol. The molecule has 1 fully saturated rings. The van der Waals surface area contributed by atoms with Crippen molar-refractivity contribution in [3.63, 3.8) is 0 Å². The summed E-state index contributed by atoms with van der Waals surface area (Å²) >= 11 is 0. The van der Waals surface area contributed by atoms with Gasteiger partial charge in [0.05, 0.1) is 0 Å². The minimum atomic E-state index is 0.161. The van der Waals surface area contributed by atoms with Crippen molar-refractivity contribution >= 4 is 5.91 Å². The Morgan fingerprint density at radius 2 is 2.00 bits per heavy atom. The quantitative estimate of drug-likeness (QED) is 0.915. The van der Waals surface area contributed by atoms with Gasteiger partial charge in [-0.25, -0.2) is 0 Å². The Morgan fingerprint density at radius 1 is 1.30 bits per heavy atom. The summed E-state index contributed by atoms with van der Waals surface area (Å²) in [5, 5.41) is 3.59. The molecular weight excluding hydrogens is 248 g/mol. The number of piperidine rings is 1. The van der Waals surface area contributed by atoms with Gasteiger partial charge in [-0.15, -0.1) is 0 Å². The fraction of sp³-hybridized carbons (Fsp3) is 0.588. The largest absolute Gasteiger partial charge is 0.337 e. The summed E-state index contributed by atoms with van der Waals surface area (Å²) in [7, 11) is 0. The van der Waals surface area contributed by atoms with Crippen LogP contribution < -0.4 is 5.32 Å². The zero-order valence-electron chi connectivity index (χ0n) is 12.8. The van der Waals surface area contributed by atoms with Crippen molar-refractivity contribution in [3.05, 3.63) is 35.9 Å². The summed E-state index contributed by atoms with van der Waals surface area (Å²) in [6, 6.07) is 10.0. The molecule has 1 amide bonds. The van der Waals surface area contributed by atoms with E-state index in [1.165, 1.54) is 0 Å². The Balaban J connectivity index is 1.99. The van der Waals surface area contributed by atoms with Crippen LogP contribution in [0.15, 0.2) is 30.3 Å². The van der Waals surface area contributed by atoms with Gasteiger partial charge in [0, 0.05) is 24.7 Å². The molecule has 0 radical (unpaired) electrons. The molecular formula is C17H26N2O. The first kappa shape index (κ1) is 15.0. The van der Waals surface area contributed by atoms with Crippen LogP contribution in [0.1, 0.15) is 37.6 Å². The van der Waals surface area contributed by atoms with Crippen molar-refractivity contribution in [2.75, 3.05) is 19.6 Å². The van der Waals surface area contributed by atoms with Gasteiger partial charge in [-0.3, -0.25) is 4.79 Å². The van der Waals surface area contributed by atoms with Gasteiger partial charge >= 0.3 is 0 Å². The van der Waals surface area contributed by atoms with E-state index in [0.29, 0.717) is 17.9 Å². The molecule has 1 aromatic rings. The number of nitrogens with zero attached hydrogens (tertiary/aromatic N) is 1.